The van der Waals surface area contributed by atoms with Gasteiger partial charge >= 0.3 is 0 Å². The zero-order valence-electron chi connectivity index (χ0n) is 22.3. The number of benzene rings is 2. The number of halogens is 2. The number of methoxy groups -OCH3 is 2. The molecule has 0 aliphatic carbocycles. The number of hydrogen-bond acceptors (Lipinski definition) is 5. The molecule has 2 aromatic rings. The fourth-order valence-electron chi connectivity index (χ4n) is 4.73. The summed E-state index contributed by atoms with van der Waals surface area (Å²) in [5.74, 6) is 0.484. The zero-order chi connectivity index (χ0) is 27.3. The van der Waals surface area contributed by atoms with Crippen LogP contribution >= 0.6 is 0 Å². The van der Waals surface area contributed by atoms with Crippen molar-refractivity contribution in [2.45, 2.75) is 44.6 Å². The van der Waals surface area contributed by atoms with Crippen LogP contribution in [0.25, 0.3) is 0 Å². The number of amides is 2. The van der Waals surface area contributed by atoms with Crippen LogP contribution in [-0.2, 0) is 20.7 Å². The van der Waals surface area contributed by atoms with Crippen molar-refractivity contribution in [2.24, 2.45) is 5.92 Å². The molecule has 1 unspecified atom stereocenters. The molecular weight excluding hydrogens is 492 g/mol. The minimum Gasteiger partial charge on any atom is -0.497 e. The van der Waals surface area contributed by atoms with Gasteiger partial charge in [-0.25, -0.2) is 8.78 Å². The summed E-state index contributed by atoms with van der Waals surface area (Å²) in [5.41, 5.74) is 1.16. The number of rotatable bonds is 14. The molecule has 2 N–H and O–H groups in total. The van der Waals surface area contributed by atoms with Gasteiger partial charge < -0.3 is 25.0 Å². The smallest absolute Gasteiger partial charge is 0.263 e. The first-order chi connectivity index (χ1) is 18.4. The molecular formula is C29H39F2N3O4. The lowest BCUT2D eigenvalue weighted by molar-refractivity contribution is -0.141. The molecule has 9 heteroatoms. The number of aryl methyl sites for hydroxylation is 1. The SMILES string of the molecule is COCCCN(C(=O)CCc1ccc(OC)cc1)C(C(=O)NCC1CCNCC1)c1cccc(C(F)F)c1. The molecule has 1 aliphatic heterocycles. The Morgan fingerprint density at radius 2 is 1.79 bits per heavy atom. The molecule has 1 heterocycles. The highest BCUT2D eigenvalue weighted by atomic mass is 19.3. The van der Waals surface area contributed by atoms with Crippen LogP contribution in [0.4, 0.5) is 8.78 Å². The quantitative estimate of drug-likeness (QED) is 0.356. The van der Waals surface area contributed by atoms with E-state index in [9.17, 15) is 18.4 Å². The van der Waals surface area contributed by atoms with E-state index in [0.717, 1.165) is 37.2 Å². The van der Waals surface area contributed by atoms with Crippen LogP contribution in [0.15, 0.2) is 48.5 Å². The van der Waals surface area contributed by atoms with E-state index in [1.54, 1.807) is 20.3 Å². The summed E-state index contributed by atoms with van der Waals surface area (Å²) in [6, 6.07) is 12.3. The van der Waals surface area contributed by atoms with Gasteiger partial charge in [0, 0.05) is 38.8 Å². The molecule has 7 nitrogen and oxygen atoms in total. The Labute approximate surface area is 223 Å². The summed E-state index contributed by atoms with van der Waals surface area (Å²) >= 11 is 0. The van der Waals surface area contributed by atoms with Crippen molar-refractivity contribution in [2.75, 3.05) is 47.0 Å². The van der Waals surface area contributed by atoms with Gasteiger partial charge in [0.25, 0.3) is 6.43 Å². The molecule has 38 heavy (non-hydrogen) atoms. The van der Waals surface area contributed by atoms with Gasteiger partial charge in [-0.05, 0) is 74.0 Å². The monoisotopic (exact) mass is 531 g/mol. The Kier molecular flexibility index (Phi) is 12.0. The van der Waals surface area contributed by atoms with E-state index in [4.69, 9.17) is 9.47 Å². The maximum absolute atomic E-state index is 13.6. The number of nitrogens with zero attached hydrogens (tertiary/aromatic N) is 1. The number of carbonyl (C=O) groups is 2. The van der Waals surface area contributed by atoms with Crippen LogP contribution in [-0.4, -0.2) is 63.7 Å². The van der Waals surface area contributed by atoms with E-state index in [2.05, 4.69) is 10.6 Å². The minimum atomic E-state index is -2.68. The zero-order valence-corrected chi connectivity index (χ0v) is 22.3. The third kappa shape index (κ3) is 8.77. The summed E-state index contributed by atoms with van der Waals surface area (Å²) in [4.78, 5) is 28.8. The molecule has 3 rings (SSSR count). The number of alkyl halides is 2. The van der Waals surface area contributed by atoms with Gasteiger partial charge in [0.2, 0.25) is 11.8 Å². The fraction of sp³-hybridized carbons (Fsp3) is 0.517. The normalized spacial score (nSPS) is 14.8. The van der Waals surface area contributed by atoms with Crippen LogP contribution in [0.5, 0.6) is 5.75 Å². The summed E-state index contributed by atoms with van der Waals surface area (Å²) < 4.78 is 37.5. The van der Waals surface area contributed by atoms with E-state index in [-0.39, 0.29) is 30.3 Å². The van der Waals surface area contributed by atoms with Crippen LogP contribution in [0.3, 0.4) is 0 Å². The molecule has 2 aromatic carbocycles. The van der Waals surface area contributed by atoms with Gasteiger partial charge in [0.05, 0.1) is 7.11 Å². The van der Waals surface area contributed by atoms with Crippen molar-refractivity contribution < 1.29 is 27.8 Å². The summed E-state index contributed by atoms with van der Waals surface area (Å²) in [5, 5.41) is 6.33. The van der Waals surface area contributed by atoms with Crippen molar-refractivity contribution >= 4 is 11.8 Å². The number of hydrogen-bond donors (Lipinski definition) is 2. The fourth-order valence-corrected chi connectivity index (χ4v) is 4.73. The average Bonchev–Trinajstić information content (AvgIpc) is 2.95. The summed E-state index contributed by atoms with van der Waals surface area (Å²) in [7, 11) is 3.17. The standard InChI is InChI=1S/C29H39F2N3O4/c1-37-18-4-17-34(26(35)12-9-21-7-10-25(38-2)11-8-21)27(23-5-3-6-24(19-23)28(30)31)29(36)33-20-22-13-15-32-16-14-22/h3,5-8,10-11,19,22,27-28,32H,4,9,12-18,20H2,1-2H3,(H,33,36). The van der Waals surface area contributed by atoms with Crippen molar-refractivity contribution in [3.63, 3.8) is 0 Å². The second-order valence-corrected chi connectivity index (χ2v) is 9.59. The molecule has 1 atom stereocenters. The molecule has 1 saturated heterocycles. The first kappa shape index (κ1) is 29.5. The Morgan fingerprint density at radius 3 is 2.45 bits per heavy atom. The topological polar surface area (TPSA) is 79.9 Å². The van der Waals surface area contributed by atoms with E-state index in [1.165, 1.54) is 23.1 Å². The van der Waals surface area contributed by atoms with Gasteiger partial charge in [0.1, 0.15) is 11.8 Å². The number of piperidine rings is 1. The second kappa shape index (κ2) is 15.4. The highest BCUT2D eigenvalue weighted by Crippen LogP contribution is 2.28. The first-order valence-electron chi connectivity index (χ1n) is 13.2. The maximum Gasteiger partial charge on any atom is 0.263 e. The second-order valence-electron chi connectivity index (χ2n) is 9.59. The van der Waals surface area contributed by atoms with Crippen LogP contribution < -0.4 is 15.4 Å². The third-order valence-electron chi connectivity index (χ3n) is 6.92. The number of ether oxygens (including phenoxy) is 2. The molecule has 0 radical (unpaired) electrons. The molecule has 0 bridgehead atoms. The van der Waals surface area contributed by atoms with Gasteiger partial charge in [0.15, 0.2) is 0 Å². The lowest BCUT2D eigenvalue weighted by Gasteiger charge is -2.32. The number of nitrogens with one attached hydrogen (secondary N) is 2. The highest BCUT2D eigenvalue weighted by Gasteiger charge is 2.32. The highest BCUT2D eigenvalue weighted by molar-refractivity contribution is 5.89. The van der Waals surface area contributed by atoms with E-state index in [0.29, 0.717) is 37.5 Å². The molecule has 1 fully saturated rings. The molecule has 2 amide bonds. The van der Waals surface area contributed by atoms with Gasteiger partial charge in [-0.3, -0.25) is 9.59 Å². The largest absolute Gasteiger partial charge is 0.497 e. The molecule has 0 spiro atoms. The Morgan fingerprint density at radius 1 is 1.08 bits per heavy atom. The average molecular weight is 532 g/mol. The first-order valence-corrected chi connectivity index (χ1v) is 13.2. The van der Waals surface area contributed by atoms with Crippen molar-refractivity contribution in [3.05, 3.63) is 65.2 Å². The Balaban J connectivity index is 1.84. The Hall–Kier alpha value is -3.04. The predicted octanol–water partition coefficient (Wildman–Crippen LogP) is 4.29. The van der Waals surface area contributed by atoms with Crippen molar-refractivity contribution in [1.82, 2.24) is 15.5 Å². The van der Waals surface area contributed by atoms with Crippen LogP contribution in [0.2, 0.25) is 0 Å². The van der Waals surface area contributed by atoms with Crippen LogP contribution in [0, 0.1) is 5.92 Å². The van der Waals surface area contributed by atoms with E-state index < -0.39 is 12.5 Å². The van der Waals surface area contributed by atoms with Gasteiger partial charge in [-0.1, -0.05) is 30.3 Å². The summed E-state index contributed by atoms with van der Waals surface area (Å²) in [6.45, 7) is 2.95. The molecule has 1 aliphatic rings. The lowest BCUT2D eigenvalue weighted by Crippen LogP contribution is -2.46. The molecule has 0 aromatic heterocycles. The van der Waals surface area contributed by atoms with Crippen molar-refractivity contribution in [1.29, 1.82) is 0 Å². The molecule has 208 valence electrons. The third-order valence-corrected chi connectivity index (χ3v) is 6.92. The molecule has 0 saturated carbocycles. The number of carbonyl (C=O) groups excluding carboxylic acids is 2. The van der Waals surface area contributed by atoms with E-state index >= 15 is 0 Å². The lowest BCUT2D eigenvalue weighted by atomic mass is 9.97. The summed E-state index contributed by atoms with van der Waals surface area (Å²) in [6.07, 6.45) is 0.378. The van der Waals surface area contributed by atoms with Crippen molar-refractivity contribution in [3.8, 4) is 5.75 Å². The minimum absolute atomic E-state index is 0.173. The maximum atomic E-state index is 13.6. The Bertz CT molecular complexity index is 1010. The predicted molar refractivity (Wildman–Crippen MR) is 142 cm³/mol. The van der Waals surface area contributed by atoms with Gasteiger partial charge in [-0.2, -0.15) is 0 Å². The van der Waals surface area contributed by atoms with E-state index in [1.807, 2.05) is 24.3 Å². The van der Waals surface area contributed by atoms with Crippen LogP contribution in [0.1, 0.15) is 54.8 Å². The van der Waals surface area contributed by atoms with Gasteiger partial charge in [-0.15, -0.1) is 0 Å².